The molecule has 1 aromatic rings. The zero-order valence-corrected chi connectivity index (χ0v) is 24.7. The Morgan fingerprint density at radius 2 is 1.48 bits per heavy atom. The van der Waals surface area contributed by atoms with Crippen molar-refractivity contribution in [3.63, 3.8) is 0 Å². The Hall–Kier alpha value is 0.950. The average molecular weight is 526 g/mol. The topological polar surface area (TPSA) is 0 Å². The van der Waals surface area contributed by atoms with Crippen molar-refractivity contribution in [3.05, 3.63) is 35.4 Å². The summed E-state index contributed by atoms with van der Waals surface area (Å²) in [7, 11) is -0.954. The van der Waals surface area contributed by atoms with E-state index in [1.807, 2.05) is 0 Å². The summed E-state index contributed by atoms with van der Waals surface area (Å²) >= 11 is 18.5. The Balaban J connectivity index is 1.96. The lowest BCUT2D eigenvalue weighted by molar-refractivity contribution is 0.134. The Morgan fingerprint density at radius 3 is 1.94 bits per heavy atom. The van der Waals surface area contributed by atoms with Crippen molar-refractivity contribution in [2.24, 2.45) is 17.3 Å². The van der Waals surface area contributed by atoms with Crippen LogP contribution in [-0.4, -0.2) is 24.6 Å². The number of hydrogen-bond acceptors (Lipinski definition) is 0. The summed E-state index contributed by atoms with van der Waals surface area (Å²) in [6.45, 7) is 14.5. The van der Waals surface area contributed by atoms with Crippen LogP contribution >= 0.6 is 46.3 Å². The molecule has 0 radical (unpaired) electrons. The van der Waals surface area contributed by atoms with E-state index >= 15 is 0 Å². The number of hydrogen-bond donors (Lipinski definition) is 0. The minimum atomic E-state index is -2.21. The maximum absolute atomic E-state index is 6.16. The van der Waals surface area contributed by atoms with Crippen LogP contribution in [0.1, 0.15) is 90.7 Å². The highest BCUT2D eigenvalue weighted by Gasteiger charge is 2.42. The second-order valence-electron chi connectivity index (χ2n) is 10.9. The normalized spacial score (nSPS) is 21.0. The molecule has 0 nitrogen and oxygen atoms in total. The highest BCUT2D eigenvalue weighted by atomic mass is 36.1. The molecule has 0 atom stereocenters. The van der Waals surface area contributed by atoms with Crippen LogP contribution in [0.5, 0.6) is 0 Å². The first-order valence-corrected chi connectivity index (χ1v) is 19.5. The fraction of sp³-hybridized carbons (Fsp3) is 0.769. The quantitative estimate of drug-likeness (QED) is 0.252. The molecule has 178 valence electrons. The molecule has 1 aliphatic rings. The van der Waals surface area contributed by atoms with Gasteiger partial charge in [-0.1, -0.05) is 52.0 Å². The first kappa shape index (κ1) is 28.2. The van der Waals surface area contributed by atoms with Gasteiger partial charge in [0.15, 0.2) is 0 Å². The molecule has 0 heterocycles. The largest absolute Gasteiger partial charge is 0.308 e. The standard InChI is InChI=1S/C26H45Cl3P2/c1-7-30(8-2,19-22-9-13-24(14-10-22)21(3)4)18-17-26(5,6)25-15-11-23(12-16-25)20-31(27,28)29/h9-10,13-14,21,23,25H,7-8,11-12,15-20H2,1-6H3/q+2. The van der Waals surface area contributed by atoms with E-state index in [1.54, 1.807) is 5.56 Å². The van der Waals surface area contributed by atoms with Gasteiger partial charge in [-0.05, 0) is 80.2 Å². The predicted octanol–water partition coefficient (Wildman–Crippen LogP) is 11.1. The van der Waals surface area contributed by atoms with Crippen LogP contribution in [-0.2, 0) is 6.16 Å². The Labute approximate surface area is 208 Å². The molecule has 0 aromatic heterocycles. The van der Waals surface area contributed by atoms with Crippen molar-refractivity contribution in [2.75, 3.05) is 24.6 Å². The smallest absolute Gasteiger partial charge is 0.0595 e. The molecule has 1 aliphatic carbocycles. The van der Waals surface area contributed by atoms with Crippen molar-refractivity contribution >= 4 is 46.3 Å². The molecule has 0 saturated heterocycles. The van der Waals surface area contributed by atoms with E-state index in [4.69, 9.17) is 33.7 Å². The van der Waals surface area contributed by atoms with Crippen molar-refractivity contribution in [1.82, 2.24) is 0 Å². The molecule has 2 rings (SSSR count). The summed E-state index contributed by atoms with van der Waals surface area (Å²) in [4.78, 5) is 0. The SMILES string of the molecule is CC[P+](CC)(CCC(C)(C)C1CCC(C[P+](Cl)(Cl)Cl)CC1)Cc1ccc(C(C)C)cc1. The Kier molecular flexibility index (Phi) is 11.0. The molecule has 1 fully saturated rings. The third-order valence-corrected chi connectivity index (χ3v) is 15.2. The number of halogens is 3. The zero-order chi connectivity index (χ0) is 23.3. The summed E-state index contributed by atoms with van der Waals surface area (Å²) in [5, 5.41) is -2.21. The maximum atomic E-state index is 6.16. The molecule has 0 N–H and O–H groups in total. The molecule has 0 spiro atoms. The van der Waals surface area contributed by atoms with Crippen LogP contribution < -0.4 is 0 Å². The van der Waals surface area contributed by atoms with E-state index in [1.165, 1.54) is 62.3 Å². The summed E-state index contributed by atoms with van der Waals surface area (Å²) in [5.74, 6) is 2.05. The van der Waals surface area contributed by atoms with Gasteiger partial charge in [0.2, 0.25) is 0 Å². The van der Waals surface area contributed by atoms with Crippen LogP contribution in [0.15, 0.2) is 24.3 Å². The van der Waals surface area contributed by atoms with E-state index in [0.29, 0.717) is 17.3 Å². The lowest BCUT2D eigenvalue weighted by atomic mass is 9.68. The molecule has 0 unspecified atom stereocenters. The highest BCUT2D eigenvalue weighted by molar-refractivity contribution is 8.32. The number of benzene rings is 1. The predicted molar refractivity (Wildman–Crippen MR) is 150 cm³/mol. The molecular formula is C26H45Cl3P2+2. The molecule has 0 aliphatic heterocycles. The Bertz CT molecular complexity index is 652. The highest BCUT2D eigenvalue weighted by Crippen LogP contribution is 2.75. The van der Waals surface area contributed by atoms with E-state index < -0.39 is 12.6 Å². The molecule has 1 aromatic carbocycles. The van der Waals surface area contributed by atoms with Gasteiger partial charge in [0, 0.05) is 7.26 Å². The van der Waals surface area contributed by atoms with Gasteiger partial charge < -0.3 is 0 Å². The van der Waals surface area contributed by atoms with Gasteiger partial charge in [-0.2, -0.15) is 0 Å². The zero-order valence-electron chi connectivity index (χ0n) is 20.6. The number of rotatable bonds is 11. The van der Waals surface area contributed by atoms with Gasteiger partial charge in [0.25, 0.3) is 0 Å². The summed E-state index contributed by atoms with van der Waals surface area (Å²) in [6.07, 6.45) is 12.8. The first-order valence-electron chi connectivity index (χ1n) is 12.3. The van der Waals surface area contributed by atoms with Gasteiger partial charge >= 0.3 is 5.32 Å². The monoisotopic (exact) mass is 524 g/mol. The van der Waals surface area contributed by atoms with Gasteiger partial charge in [0.05, 0.1) is 24.6 Å². The minimum Gasteiger partial charge on any atom is -0.0595 e. The lowest BCUT2D eigenvalue weighted by Crippen LogP contribution is -2.30. The summed E-state index contributed by atoms with van der Waals surface area (Å²) in [5.41, 5.74) is 3.42. The van der Waals surface area contributed by atoms with Crippen LogP contribution in [0.2, 0.25) is 0 Å². The van der Waals surface area contributed by atoms with E-state index in [-0.39, 0.29) is 0 Å². The third-order valence-electron chi connectivity index (χ3n) is 8.15. The molecule has 5 heteroatoms. The maximum Gasteiger partial charge on any atom is 0.308 e. The molecular weight excluding hydrogens is 481 g/mol. The van der Waals surface area contributed by atoms with Gasteiger partial charge in [-0.15, -0.1) is 0 Å². The van der Waals surface area contributed by atoms with Crippen LogP contribution in [0.25, 0.3) is 0 Å². The second-order valence-corrected chi connectivity index (χ2v) is 23.9. The molecule has 0 amide bonds. The minimum absolute atomic E-state index is 0.414. The van der Waals surface area contributed by atoms with E-state index in [0.717, 1.165) is 12.1 Å². The fourth-order valence-electron chi connectivity index (χ4n) is 5.39. The third kappa shape index (κ3) is 8.91. The average Bonchev–Trinajstić information content (AvgIpc) is 2.71. The molecule has 31 heavy (non-hydrogen) atoms. The molecule has 0 bridgehead atoms. The van der Waals surface area contributed by atoms with Crippen LogP contribution in [0, 0.1) is 17.3 Å². The van der Waals surface area contributed by atoms with Crippen molar-refractivity contribution < 1.29 is 0 Å². The van der Waals surface area contributed by atoms with E-state index in [9.17, 15) is 0 Å². The first-order chi connectivity index (χ1) is 14.4. The summed E-state index contributed by atoms with van der Waals surface area (Å²) < 4.78 is 0. The molecule has 1 saturated carbocycles. The van der Waals surface area contributed by atoms with Gasteiger partial charge in [0.1, 0.15) is 39.9 Å². The van der Waals surface area contributed by atoms with E-state index in [2.05, 4.69) is 65.8 Å². The van der Waals surface area contributed by atoms with Crippen molar-refractivity contribution in [1.29, 1.82) is 0 Å². The summed E-state index contributed by atoms with van der Waals surface area (Å²) in [6, 6.07) is 9.49. The lowest BCUT2D eigenvalue weighted by Gasteiger charge is -2.40. The van der Waals surface area contributed by atoms with Crippen LogP contribution in [0.3, 0.4) is 0 Å². The van der Waals surface area contributed by atoms with Crippen molar-refractivity contribution in [3.8, 4) is 0 Å². The van der Waals surface area contributed by atoms with Gasteiger partial charge in [-0.3, -0.25) is 0 Å². The van der Waals surface area contributed by atoms with Crippen LogP contribution in [0.4, 0.5) is 0 Å². The van der Waals surface area contributed by atoms with Gasteiger partial charge in [-0.25, -0.2) is 0 Å². The van der Waals surface area contributed by atoms with Crippen molar-refractivity contribution in [2.45, 2.75) is 85.7 Å². The second kappa shape index (κ2) is 12.1. The Morgan fingerprint density at radius 1 is 0.935 bits per heavy atom. The fourth-order valence-corrected chi connectivity index (χ4v) is 11.8.